The molecule has 0 spiro atoms. The summed E-state index contributed by atoms with van der Waals surface area (Å²) < 4.78 is 0. The van der Waals surface area contributed by atoms with Crippen LogP contribution in [-0.4, -0.2) is 18.5 Å². The predicted molar refractivity (Wildman–Crippen MR) is 85.4 cm³/mol. The van der Waals surface area contributed by atoms with Crippen LogP contribution < -0.4 is 10.6 Å². The van der Waals surface area contributed by atoms with Crippen molar-refractivity contribution in [3.63, 3.8) is 0 Å². The molecule has 0 bridgehead atoms. The van der Waals surface area contributed by atoms with Gasteiger partial charge < -0.3 is 10.6 Å². The Labute approximate surface area is 131 Å². The van der Waals surface area contributed by atoms with Crippen molar-refractivity contribution in [3.05, 3.63) is 33.8 Å². The number of benzene rings is 1. The first kappa shape index (κ1) is 17.3. The summed E-state index contributed by atoms with van der Waals surface area (Å²) in [5, 5.41) is 7.28. The topological polar surface area (TPSA) is 41.1 Å². The molecule has 1 atom stereocenters. The van der Waals surface area contributed by atoms with Crippen molar-refractivity contribution in [2.24, 2.45) is 0 Å². The number of amides is 1. The third kappa shape index (κ3) is 6.12. The van der Waals surface area contributed by atoms with Crippen LogP contribution in [0.25, 0.3) is 0 Å². The van der Waals surface area contributed by atoms with E-state index in [0.29, 0.717) is 22.5 Å². The first-order valence-electron chi connectivity index (χ1n) is 6.88. The molecule has 1 rings (SSSR count). The van der Waals surface area contributed by atoms with Gasteiger partial charge in [0.05, 0.1) is 16.1 Å². The van der Waals surface area contributed by atoms with E-state index in [1.807, 2.05) is 13.0 Å². The summed E-state index contributed by atoms with van der Waals surface area (Å²) >= 11 is 11.8. The molecule has 0 saturated heterocycles. The average Bonchev–Trinajstić information content (AvgIpc) is 2.37. The normalized spacial score (nSPS) is 12.5. The lowest BCUT2D eigenvalue weighted by atomic mass is 10.1. The Hall–Kier alpha value is -0.770. The maximum absolute atomic E-state index is 11.8. The van der Waals surface area contributed by atoms with E-state index >= 15 is 0 Å². The van der Waals surface area contributed by atoms with Crippen molar-refractivity contribution in [1.82, 2.24) is 10.6 Å². The SMILES string of the molecule is CC(C)NCCCC(=O)NC(C)c1ccc(Cl)c(Cl)c1. The molecule has 0 radical (unpaired) electrons. The van der Waals surface area contributed by atoms with E-state index in [0.717, 1.165) is 18.5 Å². The fourth-order valence-electron chi connectivity index (χ4n) is 1.82. The van der Waals surface area contributed by atoms with Crippen molar-refractivity contribution >= 4 is 29.1 Å². The summed E-state index contributed by atoms with van der Waals surface area (Å²) in [5.74, 6) is 0.0501. The molecule has 1 aromatic carbocycles. The third-order valence-electron chi connectivity index (χ3n) is 2.95. The number of carbonyl (C=O) groups excluding carboxylic acids is 1. The molecule has 1 amide bonds. The summed E-state index contributed by atoms with van der Waals surface area (Å²) in [5.41, 5.74) is 0.952. The van der Waals surface area contributed by atoms with Crippen LogP contribution in [0.5, 0.6) is 0 Å². The van der Waals surface area contributed by atoms with E-state index in [-0.39, 0.29) is 11.9 Å². The fourth-order valence-corrected chi connectivity index (χ4v) is 2.12. The highest BCUT2D eigenvalue weighted by molar-refractivity contribution is 6.42. The van der Waals surface area contributed by atoms with Crippen molar-refractivity contribution < 1.29 is 4.79 Å². The van der Waals surface area contributed by atoms with E-state index in [9.17, 15) is 4.79 Å². The molecule has 0 fully saturated rings. The second-order valence-corrected chi connectivity index (χ2v) is 5.99. The zero-order valence-corrected chi connectivity index (χ0v) is 13.7. The van der Waals surface area contributed by atoms with Crippen molar-refractivity contribution in [1.29, 1.82) is 0 Å². The molecular weight excluding hydrogens is 295 g/mol. The number of halogens is 2. The molecule has 0 aliphatic rings. The summed E-state index contributed by atoms with van der Waals surface area (Å²) in [6.45, 7) is 6.97. The van der Waals surface area contributed by atoms with Gasteiger partial charge in [-0.25, -0.2) is 0 Å². The minimum Gasteiger partial charge on any atom is -0.350 e. The Morgan fingerprint density at radius 2 is 1.90 bits per heavy atom. The Bertz CT molecular complexity index is 449. The first-order valence-corrected chi connectivity index (χ1v) is 7.63. The molecular formula is C15H22Cl2N2O. The van der Waals surface area contributed by atoms with Crippen molar-refractivity contribution in [2.45, 2.75) is 45.7 Å². The van der Waals surface area contributed by atoms with E-state index in [1.54, 1.807) is 12.1 Å². The number of hydrogen-bond donors (Lipinski definition) is 2. The summed E-state index contributed by atoms with van der Waals surface area (Å²) in [7, 11) is 0. The maximum atomic E-state index is 11.8. The molecule has 20 heavy (non-hydrogen) atoms. The van der Waals surface area contributed by atoms with Crippen LogP contribution in [0, 0.1) is 0 Å². The molecule has 0 heterocycles. The molecule has 1 unspecified atom stereocenters. The second-order valence-electron chi connectivity index (χ2n) is 5.18. The number of hydrogen-bond acceptors (Lipinski definition) is 2. The van der Waals surface area contributed by atoms with Crippen molar-refractivity contribution in [2.75, 3.05) is 6.54 Å². The Balaban J connectivity index is 2.39. The molecule has 112 valence electrons. The highest BCUT2D eigenvalue weighted by Crippen LogP contribution is 2.25. The monoisotopic (exact) mass is 316 g/mol. The van der Waals surface area contributed by atoms with Gasteiger partial charge in [-0.3, -0.25) is 4.79 Å². The number of rotatable bonds is 7. The Morgan fingerprint density at radius 3 is 2.50 bits per heavy atom. The molecule has 2 N–H and O–H groups in total. The van der Waals surface area contributed by atoms with E-state index < -0.39 is 0 Å². The van der Waals surface area contributed by atoms with Crippen LogP contribution in [0.2, 0.25) is 10.0 Å². The zero-order valence-electron chi connectivity index (χ0n) is 12.2. The van der Waals surface area contributed by atoms with Gasteiger partial charge in [-0.05, 0) is 37.6 Å². The highest BCUT2D eigenvalue weighted by Gasteiger charge is 2.10. The lowest BCUT2D eigenvalue weighted by Gasteiger charge is -2.15. The molecule has 0 aromatic heterocycles. The molecule has 5 heteroatoms. The fraction of sp³-hybridized carbons (Fsp3) is 0.533. The smallest absolute Gasteiger partial charge is 0.220 e. The number of nitrogens with one attached hydrogen (secondary N) is 2. The quantitative estimate of drug-likeness (QED) is 0.748. The molecule has 0 saturated carbocycles. The zero-order chi connectivity index (χ0) is 15.1. The standard InChI is InChI=1S/C15H22Cl2N2O/c1-10(2)18-8-4-5-15(20)19-11(3)12-6-7-13(16)14(17)9-12/h6-7,9-11,18H,4-5,8H2,1-3H3,(H,19,20). The maximum Gasteiger partial charge on any atom is 0.220 e. The van der Waals surface area contributed by atoms with Gasteiger partial charge in [-0.15, -0.1) is 0 Å². The lowest BCUT2D eigenvalue weighted by Crippen LogP contribution is -2.28. The van der Waals surface area contributed by atoms with Gasteiger partial charge in [0.25, 0.3) is 0 Å². The first-order chi connectivity index (χ1) is 9.40. The van der Waals surface area contributed by atoms with Gasteiger partial charge in [0.2, 0.25) is 5.91 Å². The van der Waals surface area contributed by atoms with Crippen LogP contribution in [-0.2, 0) is 4.79 Å². The van der Waals surface area contributed by atoms with Gasteiger partial charge in [-0.1, -0.05) is 43.1 Å². The predicted octanol–water partition coefficient (Wildman–Crippen LogP) is 3.95. The lowest BCUT2D eigenvalue weighted by molar-refractivity contribution is -0.121. The largest absolute Gasteiger partial charge is 0.350 e. The molecule has 0 aliphatic heterocycles. The van der Waals surface area contributed by atoms with Gasteiger partial charge >= 0.3 is 0 Å². The van der Waals surface area contributed by atoms with Crippen LogP contribution in [0.1, 0.15) is 45.2 Å². The van der Waals surface area contributed by atoms with E-state index in [1.165, 1.54) is 0 Å². The third-order valence-corrected chi connectivity index (χ3v) is 3.69. The highest BCUT2D eigenvalue weighted by atomic mass is 35.5. The minimum absolute atomic E-state index is 0.0501. The van der Waals surface area contributed by atoms with Crippen molar-refractivity contribution in [3.8, 4) is 0 Å². The van der Waals surface area contributed by atoms with Crippen LogP contribution in [0.15, 0.2) is 18.2 Å². The summed E-state index contributed by atoms with van der Waals surface area (Å²) in [4.78, 5) is 11.8. The molecule has 3 nitrogen and oxygen atoms in total. The van der Waals surface area contributed by atoms with Gasteiger partial charge in [-0.2, -0.15) is 0 Å². The summed E-state index contributed by atoms with van der Waals surface area (Å²) in [6, 6.07) is 5.78. The second kappa shape index (κ2) is 8.50. The summed E-state index contributed by atoms with van der Waals surface area (Å²) in [6.07, 6.45) is 1.35. The number of carbonyl (C=O) groups is 1. The van der Waals surface area contributed by atoms with Gasteiger partial charge in [0, 0.05) is 12.5 Å². The van der Waals surface area contributed by atoms with Crippen LogP contribution in [0.3, 0.4) is 0 Å². The Morgan fingerprint density at radius 1 is 1.20 bits per heavy atom. The molecule has 1 aromatic rings. The van der Waals surface area contributed by atoms with E-state index in [4.69, 9.17) is 23.2 Å². The van der Waals surface area contributed by atoms with Gasteiger partial charge in [0.1, 0.15) is 0 Å². The van der Waals surface area contributed by atoms with Crippen LogP contribution >= 0.6 is 23.2 Å². The van der Waals surface area contributed by atoms with Gasteiger partial charge in [0.15, 0.2) is 0 Å². The average molecular weight is 317 g/mol. The van der Waals surface area contributed by atoms with Crippen LogP contribution in [0.4, 0.5) is 0 Å². The minimum atomic E-state index is -0.0738. The van der Waals surface area contributed by atoms with E-state index in [2.05, 4.69) is 24.5 Å². The Kier molecular flexibility index (Phi) is 7.35. The molecule has 0 aliphatic carbocycles.